The summed E-state index contributed by atoms with van der Waals surface area (Å²) in [5.41, 5.74) is 0.575. The van der Waals surface area contributed by atoms with Gasteiger partial charge in [0.2, 0.25) is 11.8 Å². The monoisotopic (exact) mass is 581 g/mol. The molecule has 0 aromatic heterocycles. The Balaban J connectivity index is 2.04. The first-order chi connectivity index (χ1) is 19.4. The highest BCUT2D eigenvalue weighted by atomic mass is 32.2. The van der Waals surface area contributed by atoms with Crippen molar-refractivity contribution in [3.05, 3.63) is 84.4 Å². The van der Waals surface area contributed by atoms with Crippen molar-refractivity contribution in [3.8, 4) is 11.5 Å². The molecule has 0 aliphatic carbocycles. The Morgan fingerprint density at radius 3 is 1.88 bits per heavy atom. The highest BCUT2D eigenvalue weighted by Crippen LogP contribution is 2.26. The molecule has 0 aliphatic heterocycles. The first-order valence-electron chi connectivity index (χ1n) is 13.4. The van der Waals surface area contributed by atoms with E-state index in [-0.39, 0.29) is 17.3 Å². The Labute approximate surface area is 243 Å². The summed E-state index contributed by atoms with van der Waals surface area (Å²) in [6.07, 6.45) is 0.334. The summed E-state index contributed by atoms with van der Waals surface area (Å²) in [4.78, 5) is 28.9. The van der Waals surface area contributed by atoms with Gasteiger partial charge < -0.3 is 19.7 Å². The lowest BCUT2D eigenvalue weighted by atomic mass is 10.1. The highest BCUT2D eigenvalue weighted by Gasteiger charge is 2.34. The summed E-state index contributed by atoms with van der Waals surface area (Å²) in [5.74, 6) is 0.335. The van der Waals surface area contributed by atoms with Crippen molar-refractivity contribution in [3.63, 3.8) is 0 Å². The molecule has 1 N–H and O–H groups in total. The molecule has 3 rings (SSSR count). The van der Waals surface area contributed by atoms with E-state index in [1.807, 2.05) is 39.8 Å². The number of carbonyl (C=O) groups excluding carboxylic acids is 2. The number of benzene rings is 3. The Morgan fingerprint density at radius 1 is 0.854 bits per heavy atom. The first-order valence-corrected chi connectivity index (χ1v) is 14.8. The molecule has 220 valence electrons. The number of anilines is 1. The summed E-state index contributed by atoms with van der Waals surface area (Å²) in [6.45, 7) is 7.02. The molecule has 0 fully saturated rings. The number of methoxy groups -OCH3 is 2. The zero-order valence-electron chi connectivity index (χ0n) is 24.5. The summed E-state index contributed by atoms with van der Waals surface area (Å²) < 4.78 is 39.3. The number of hydrogen-bond donors (Lipinski definition) is 1. The molecule has 0 heterocycles. The lowest BCUT2D eigenvalue weighted by Crippen LogP contribution is -2.55. The summed E-state index contributed by atoms with van der Waals surface area (Å²) >= 11 is 0. The number of para-hydroxylation sites is 1. The number of rotatable bonds is 12. The van der Waals surface area contributed by atoms with Crippen LogP contribution in [-0.2, 0) is 26.2 Å². The van der Waals surface area contributed by atoms with Gasteiger partial charge in [-0.05, 0) is 81.3 Å². The van der Waals surface area contributed by atoms with Crippen molar-refractivity contribution in [1.82, 2.24) is 10.2 Å². The average molecular weight is 582 g/mol. The number of nitrogens with one attached hydrogen (secondary N) is 1. The van der Waals surface area contributed by atoms with E-state index >= 15 is 0 Å². The fourth-order valence-corrected chi connectivity index (χ4v) is 5.71. The van der Waals surface area contributed by atoms with Gasteiger partial charge in [0.25, 0.3) is 10.0 Å². The van der Waals surface area contributed by atoms with Crippen molar-refractivity contribution >= 4 is 27.5 Å². The van der Waals surface area contributed by atoms with Crippen molar-refractivity contribution in [2.75, 3.05) is 25.1 Å². The number of sulfonamides is 1. The van der Waals surface area contributed by atoms with Crippen molar-refractivity contribution in [2.24, 2.45) is 0 Å². The predicted octanol–water partition coefficient (Wildman–Crippen LogP) is 4.62. The predicted molar refractivity (Wildman–Crippen MR) is 159 cm³/mol. The van der Waals surface area contributed by atoms with Crippen LogP contribution in [-0.4, -0.2) is 57.5 Å². The Hall–Kier alpha value is -4.05. The molecule has 0 saturated carbocycles. The summed E-state index contributed by atoms with van der Waals surface area (Å²) in [6, 6.07) is 20.8. The Morgan fingerprint density at radius 2 is 1.39 bits per heavy atom. The van der Waals surface area contributed by atoms with Crippen LogP contribution < -0.4 is 19.1 Å². The standard InChI is InChI=1S/C31H39N3O6S/c1-7-28(30(36)32-31(2,3)4)33(21-23-13-15-25(39-5)16-14-23)29(35)22-34(24-11-9-8-10-12-24)41(37,38)27-19-17-26(40-6)18-20-27/h8-20,28H,7,21-22H2,1-6H3,(H,32,36)/t28-/m1/s1. The van der Waals surface area contributed by atoms with Crippen molar-refractivity contribution in [2.45, 2.75) is 57.1 Å². The minimum atomic E-state index is -4.16. The number of ether oxygens (including phenoxy) is 2. The zero-order valence-corrected chi connectivity index (χ0v) is 25.3. The van der Waals surface area contributed by atoms with E-state index in [2.05, 4.69) is 5.32 Å². The van der Waals surface area contributed by atoms with Gasteiger partial charge in [-0.1, -0.05) is 37.3 Å². The van der Waals surface area contributed by atoms with Crippen LogP contribution >= 0.6 is 0 Å². The topological polar surface area (TPSA) is 105 Å². The highest BCUT2D eigenvalue weighted by molar-refractivity contribution is 7.92. The van der Waals surface area contributed by atoms with Crippen LogP contribution in [0.3, 0.4) is 0 Å². The first kappa shape index (κ1) is 31.5. The number of amides is 2. The third-order valence-corrected chi connectivity index (χ3v) is 8.15. The van der Waals surface area contributed by atoms with E-state index in [0.717, 1.165) is 9.87 Å². The minimum absolute atomic E-state index is 0.00850. The van der Waals surface area contributed by atoms with Gasteiger partial charge in [0.1, 0.15) is 24.1 Å². The van der Waals surface area contributed by atoms with Gasteiger partial charge in [-0.3, -0.25) is 13.9 Å². The quantitative estimate of drug-likeness (QED) is 0.335. The van der Waals surface area contributed by atoms with Crippen LogP contribution in [0.2, 0.25) is 0 Å². The van der Waals surface area contributed by atoms with Gasteiger partial charge in [0, 0.05) is 12.1 Å². The molecule has 3 aromatic carbocycles. The van der Waals surface area contributed by atoms with Crippen LogP contribution in [0.25, 0.3) is 0 Å². The Kier molecular flexibility index (Phi) is 10.4. The SMILES string of the molecule is CC[C@H](C(=O)NC(C)(C)C)N(Cc1ccc(OC)cc1)C(=O)CN(c1ccccc1)S(=O)(=O)c1ccc(OC)cc1. The van der Waals surface area contributed by atoms with Crippen LogP contribution in [0.4, 0.5) is 5.69 Å². The maximum Gasteiger partial charge on any atom is 0.264 e. The summed E-state index contributed by atoms with van der Waals surface area (Å²) in [7, 11) is -1.10. The molecule has 0 saturated heterocycles. The molecular formula is C31H39N3O6S. The van der Waals surface area contributed by atoms with E-state index in [4.69, 9.17) is 9.47 Å². The van der Waals surface area contributed by atoms with Gasteiger partial charge in [0.05, 0.1) is 24.8 Å². The Bertz CT molecular complexity index is 1400. The molecule has 0 unspecified atom stereocenters. The lowest BCUT2D eigenvalue weighted by Gasteiger charge is -2.34. The minimum Gasteiger partial charge on any atom is -0.497 e. The molecule has 0 bridgehead atoms. The molecule has 10 heteroatoms. The van der Waals surface area contributed by atoms with Crippen LogP contribution in [0.5, 0.6) is 11.5 Å². The van der Waals surface area contributed by atoms with Crippen molar-refractivity contribution in [1.29, 1.82) is 0 Å². The average Bonchev–Trinajstić information content (AvgIpc) is 2.95. The molecule has 1 atom stereocenters. The van der Waals surface area contributed by atoms with Crippen LogP contribution in [0.15, 0.2) is 83.8 Å². The smallest absolute Gasteiger partial charge is 0.264 e. The fourth-order valence-electron chi connectivity index (χ4n) is 4.30. The van der Waals surface area contributed by atoms with E-state index in [1.54, 1.807) is 61.7 Å². The molecule has 0 spiro atoms. The van der Waals surface area contributed by atoms with Crippen LogP contribution in [0, 0.1) is 0 Å². The second-order valence-electron chi connectivity index (χ2n) is 10.6. The summed E-state index contributed by atoms with van der Waals surface area (Å²) in [5, 5.41) is 2.96. The van der Waals surface area contributed by atoms with Crippen molar-refractivity contribution < 1.29 is 27.5 Å². The number of nitrogens with zero attached hydrogens (tertiary/aromatic N) is 2. The molecule has 0 aliphatic rings. The molecule has 9 nitrogen and oxygen atoms in total. The number of carbonyl (C=O) groups is 2. The molecule has 2 amide bonds. The largest absolute Gasteiger partial charge is 0.497 e. The fraction of sp³-hybridized carbons (Fsp3) is 0.355. The van der Waals surface area contributed by atoms with Gasteiger partial charge in [-0.2, -0.15) is 0 Å². The van der Waals surface area contributed by atoms with E-state index in [9.17, 15) is 18.0 Å². The maximum atomic E-state index is 14.1. The molecule has 3 aromatic rings. The lowest BCUT2D eigenvalue weighted by molar-refractivity contribution is -0.141. The van der Waals surface area contributed by atoms with Gasteiger partial charge in [-0.15, -0.1) is 0 Å². The molecular weight excluding hydrogens is 542 g/mol. The van der Waals surface area contributed by atoms with Crippen LogP contribution in [0.1, 0.15) is 39.7 Å². The van der Waals surface area contributed by atoms with E-state index in [1.165, 1.54) is 24.1 Å². The van der Waals surface area contributed by atoms with E-state index in [0.29, 0.717) is 23.6 Å². The maximum absolute atomic E-state index is 14.1. The van der Waals surface area contributed by atoms with Gasteiger partial charge >= 0.3 is 0 Å². The normalized spacial score (nSPS) is 12.2. The third-order valence-electron chi connectivity index (χ3n) is 6.37. The molecule has 0 radical (unpaired) electrons. The molecule has 41 heavy (non-hydrogen) atoms. The second-order valence-corrected chi connectivity index (χ2v) is 12.4. The third kappa shape index (κ3) is 8.23. The van der Waals surface area contributed by atoms with Gasteiger partial charge in [0.15, 0.2) is 0 Å². The second kappa shape index (κ2) is 13.5. The van der Waals surface area contributed by atoms with Gasteiger partial charge in [-0.25, -0.2) is 8.42 Å². The number of hydrogen-bond acceptors (Lipinski definition) is 6. The van der Waals surface area contributed by atoms with E-state index < -0.39 is 34.1 Å². The zero-order chi connectivity index (χ0) is 30.2.